The number of esters is 1. The average molecular weight is 570 g/mol. The third-order valence-electron chi connectivity index (χ3n) is 6.84. The van der Waals surface area contributed by atoms with Crippen molar-refractivity contribution in [2.24, 2.45) is 5.41 Å². The molecule has 0 unspecified atom stereocenters. The number of amides is 3. The highest BCUT2D eigenvalue weighted by atomic mass is 32.2. The summed E-state index contributed by atoms with van der Waals surface area (Å²) in [6, 6.07) is 14.2. The molecule has 0 saturated carbocycles. The molecule has 3 rings (SSSR count). The number of hydrogen-bond acceptors (Lipinski definition) is 7. The molecule has 0 radical (unpaired) electrons. The minimum absolute atomic E-state index is 0.0603. The van der Waals surface area contributed by atoms with E-state index in [1.165, 1.54) is 12.0 Å². The monoisotopic (exact) mass is 569 g/mol. The van der Waals surface area contributed by atoms with Crippen LogP contribution in [0.5, 0.6) is 0 Å². The molecule has 9 nitrogen and oxygen atoms in total. The first-order chi connectivity index (χ1) is 19.0. The van der Waals surface area contributed by atoms with Gasteiger partial charge >= 0.3 is 12.1 Å². The van der Waals surface area contributed by atoms with E-state index in [0.717, 1.165) is 16.7 Å². The second-order valence-corrected chi connectivity index (χ2v) is 11.8. The number of nitrogens with zero attached hydrogens (tertiary/aromatic N) is 1. The van der Waals surface area contributed by atoms with Crippen LogP contribution in [0.4, 0.5) is 4.79 Å². The predicted octanol–water partition coefficient (Wildman–Crippen LogP) is 3.69. The van der Waals surface area contributed by atoms with Crippen LogP contribution in [0, 0.1) is 5.41 Å². The molecule has 2 aromatic carbocycles. The standard InChI is InChI=1S/C30H39N3O6S/c1-30(2,3)25(32-29(37)39-19-20-11-7-6-8-12-20)27(35)33-18-22-14-10-9-13-21(22)17-24(33)26(34)31-23(15-16-40-5)28(36)38-4/h6-14,23-25H,15-19H2,1-5H3,(H,31,34)(H,32,37)/t23-,24-,25+/m0/s1. The van der Waals surface area contributed by atoms with Crippen LogP contribution in [0.2, 0.25) is 0 Å². The zero-order valence-electron chi connectivity index (χ0n) is 23.8. The molecule has 0 aromatic heterocycles. The summed E-state index contributed by atoms with van der Waals surface area (Å²) in [7, 11) is 1.28. The summed E-state index contributed by atoms with van der Waals surface area (Å²) in [5.41, 5.74) is 2.01. The first-order valence-corrected chi connectivity index (χ1v) is 14.7. The lowest BCUT2D eigenvalue weighted by molar-refractivity contribution is -0.148. The molecule has 2 aromatic rings. The van der Waals surface area contributed by atoms with E-state index in [1.807, 2.05) is 81.6 Å². The SMILES string of the molecule is COC(=O)[C@H](CCSC)NC(=O)[C@@H]1Cc2ccccc2CN1C(=O)[C@@H](NC(=O)OCc1ccccc1)C(C)(C)C. The van der Waals surface area contributed by atoms with E-state index in [4.69, 9.17) is 9.47 Å². The van der Waals surface area contributed by atoms with Crippen molar-refractivity contribution in [3.63, 3.8) is 0 Å². The van der Waals surface area contributed by atoms with E-state index in [9.17, 15) is 19.2 Å². The molecule has 0 aliphatic carbocycles. The van der Waals surface area contributed by atoms with Crippen molar-refractivity contribution in [3.05, 3.63) is 71.3 Å². The molecule has 10 heteroatoms. The van der Waals surface area contributed by atoms with Crippen molar-refractivity contribution in [3.8, 4) is 0 Å². The maximum Gasteiger partial charge on any atom is 0.408 e. The predicted molar refractivity (Wildman–Crippen MR) is 154 cm³/mol. The third kappa shape index (κ3) is 8.24. The number of alkyl carbamates (subject to hydrolysis) is 1. The van der Waals surface area contributed by atoms with Crippen molar-refractivity contribution in [1.82, 2.24) is 15.5 Å². The molecule has 0 bridgehead atoms. The summed E-state index contributed by atoms with van der Waals surface area (Å²) in [5.74, 6) is -0.736. The highest BCUT2D eigenvalue weighted by Crippen LogP contribution is 2.28. The number of carbonyl (C=O) groups is 4. The third-order valence-corrected chi connectivity index (χ3v) is 7.48. The maximum absolute atomic E-state index is 14.1. The summed E-state index contributed by atoms with van der Waals surface area (Å²) in [4.78, 5) is 54.4. The van der Waals surface area contributed by atoms with Gasteiger partial charge in [0, 0.05) is 13.0 Å². The van der Waals surface area contributed by atoms with Gasteiger partial charge < -0.3 is 25.0 Å². The van der Waals surface area contributed by atoms with Crippen LogP contribution in [-0.2, 0) is 43.4 Å². The Morgan fingerprint density at radius 3 is 2.27 bits per heavy atom. The zero-order chi connectivity index (χ0) is 29.3. The van der Waals surface area contributed by atoms with E-state index in [1.54, 1.807) is 11.8 Å². The second kappa shape index (κ2) is 14.2. The molecule has 3 atom stereocenters. The number of carbonyl (C=O) groups excluding carboxylic acids is 4. The number of hydrogen-bond donors (Lipinski definition) is 2. The summed E-state index contributed by atoms with van der Waals surface area (Å²) in [6.45, 7) is 5.78. The molecular formula is C30H39N3O6S. The molecule has 2 N–H and O–H groups in total. The molecule has 3 amide bonds. The van der Waals surface area contributed by atoms with E-state index in [0.29, 0.717) is 12.2 Å². The highest BCUT2D eigenvalue weighted by molar-refractivity contribution is 7.98. The minimum Gasteiger partial charge on any atom is -0.467 e. The van der Waals surface area contributed by atoms with Crippen molar-refractivity contribution in [1.29, 1.82) is 0 Å². The Labute approximate surface area is 240 Å². The van der Waals surface area contributed by atoms with Crippen LogP contribution in [-0.4, -0.2) is 66.0 Å². The first-order valence-electron chi connectivity index (χ1n) is 13.3. The molecule has 0 fully saturated rings. The van der Waals surface area contributed by atoms with Crippen LogP contribution in [0.25, 0.3) is 0 Å². The Morgan fingerprint density at radius 1 is 1.00 bits per heavy atom. The van der Waals surface area contributed by atoms with Crippen molar-refractivity contribution >= 4 is 35.6 Å². The summed E-state index contributed by atoms with van der Waals surface area (Å²) < 4.78 is 10.3. The van der Waals surface area contributed by atoms with Crippen LogP contribution in [0.1, 0.15) is 43.9 Å². The van der Waals surface area contributed by atoms with Gasteiger partial charge in [-0.1, -0.05) is 75.4 Å². The lowest BCUT2D eigenvalue weighted by Gasteiger charge is -2.41. The molecule has 40 heavy (non-hydrogen) atoms. The van der Waals surface area contributed by atoms with E-state index >= 15 is 0 Å². The number of benzene rings is 2. The van der Waals surface area contributed by atoms with Crippen LogP contribution in [0.15, 0.2) is 54.6 Å². The fraction of sp³-hybridized carbons (Fsp3) is 0.467. The largest absolute Gasteiger partial charge is 0.467 e. The summed E-state index contributed by atoms with van der Waals surface area (Å²) >= 11 is 1.56. The smallest absolute Gasteiger partial charge is 0.408 e. The number of rotatable bonds is 10. The Balaban J connectivity index is 1.84. The van der Waals surface area contributed by atoms with Crippen molar-refractivity contribution in [2.45, 2.75) is 64.9 Å². The van der Waals surface area contributed by atoms with Gasteiger partial charge in [0.15, 0.2) is 0 Å². The molecule has 0 saturated heterocycles. The first kappa shape index (κ1) is 31.0. The normalized spacial score (nSPS) is 16.2. The van der Waals surface area contributed by atoms with Gasteiger partial charge in [-0.3, -0.25) is 9.59 Å². The fourth-order valence-electron chi connectivity index (χ4n) is 4.58. The van der Waals surface area contributed by atoms with Crippen LogP contribution < -0.4 is 10.6 Å². The lowest BCUT2D eigenvalue weighted by Crippen LogP contribution is -2.61. The van der Waals surface area contributed by atoms with Crippen LogP contribution in [0.3, 0.4) is 0 Å². The van der Waals surface area contributed by atoms with Gasteiger partial charge in [-0.25, -0.2) is 9.59 Å². The Bertz CT molecular complexity index is 1180. The molecule has 1 aliphatic heterocycles. The van der Waals surface area contributed by atoms with Crippen molar-refractivity contribution < 1.29 is 28.7 Å². The molecule has 1 heterocycles. The van der Waals surface area contributed by atoms with Gasteiger partial charge in [-0.05, 0) is 40.5 Å². The summed E-state index contributed by atoms with van der Waals surface area (Å²) in [5, 5.41) is 5.55. The Hall–Kier alpha value is -3.53. The highest BCUT2D eigenvalue weighted by Gasteiger charge is 2.42. The van der Waals surface area contributed by atoms with Gasteiger partial charge in [0.1, 0.15) is 24.7 Å². The number of ether oxygens (including phenoxy) is 2. The molecule has 1 aliphatic rings. The number of fused-ring (bicyclic) bond motifs is 1. The van der Waals surface area contributed by atoms with Gasteiger partial charge in [0.05, 0.1) is 7.11 Å². The molecule has 0 spiro atoms. The second-order valence-electron chi connectivity index (χ2n) is 10.8. The quantitative estimate of drug-likeness (QED) is 0.420. The number of methoxy groups -OCH3 is 1. The van der Waals surface area contributed by atoms with Crippen LogP contribution >= 0.6 is 11.8 Å². The fourth-order valence-corrected chi connectivity index (χ4v) is 5.05. The molecular weight excluding hydrogens is 530 g/mol. The number of thioether (sulfide) groups is 1. The van der Waals surface area contributed by atoms with E-state index in [-0.39, 0.29) is 19.6 Å². The lowest BCUT2D eigenvalue weighted by atomic mass is 9.84. The van der Waals surface area contributed by atoms with E-state index in [2.05, 4.69) is 10.6 Å². The average Bonchev–Trinajstić information content (AvgIpc) is 2.95. The Morgan fingerprint density at radius 2 is 1.65 bits per heavy atom. The molecule has 216 valence electrons. The van der Waals surface area contributed by atoms with Gasteiger partial charge in [0.25, 0.3) is 0 Å². The number of nitrogens with one attached hydrogen (secondary N) is 2. The zero-order valence-corrected chi connectivity index (χ0v) is 24.6. The van der Waals surface area contributed by atoms with Gasteiger partial charge in [-0.15, -0.1) is 0 Å². The minimum atomic E-state index is -0.968. The van der Waals surface area contributed by atoms with Gasteiger partial charge in [0.2, 0.25) is 11.8 Å². The topological polar surface area (TPSA) is 114 Å². The van der Waals surface area contributed by atoms with Crippen molar-refractivity contribution in [2.75, 3.05) is 19.1 Å². The van der Waals surface area contributed by atoms with E-state index < -0.39 is 47.4 Å². The maximum atomic E-state index is 14.1. The van der Waals surface area contributed by atoms with Gasteiger partial charge in [-0.2, -0.15) is 11.8 Å². The Kier molecular flexibility index (Phi) is 11.0. The summed E-state index contributed by atoms with van der Waals surface area (Å²) in [6.07, 6.45) is 1.87.